The normalized spacial score (nSPS) is 10.3. The summed E-state index contributed by atoms with van der Waals surface area (Å²) in [6, 6.07) is 12.6. The molecule has 2 heteroatoms. The summed E-state index contributed by atoms with van der Waals surface area (Å²) in [6.45, 7) is 2.16. The third-order valence-electron chi connectivity index (χ3n) is 2.72. The molecule has 0 amide bonds. The summed E-state index contributed by atoms with van der Waals surface area (Å²) in [4.78, 5) is 4.10. The van der Waals surface area contributed by atoms with Crippen LogP contribution >= 0.6 is 0 Å². The Balaban J connectivity index is 2.24. The number of nitrogens with zero attached hydrogens (tertiary/aromatic N) is 1. The highest BCUT2D eigenvalue weighted by molar-refractivity contribution is 5.42. The van der Waals surface area contributed by atoms with E-state index in [0.717, 1.165) is 18.4 Å². The van der Waals surface area contributed by atoms with E-state index < -0.39 is 0 Å². The Labute approximate surface area is 96.1 Å². The second-order valence-corrected chi connectivity index (χ2v) is 3.90. The molecule has 1 aromatic carbocycles. The predicted molar refractivity (Wildman–Crippen MR) is 67.3 cm³/mol. The fourth-order valence-electron chi connectivity index (χ4n) is 1.78. The minimum atomic E-state index is 0.629. The number of rotatable bonds is 3. The lowest BCUT2D eigenvalue weighted by Gasteiger charge is -2.05. The summed E-state index contributed by atoms with van der Waals surface area (Å²) in [5.74, 6) is 0.629. The van der Waals surface area contributed by atoms with Gasteiger partial charge in [-0.1, -0.05) is 37.3 Å². The number of aromatic nitrogens is 1. The number of aryl methyl sites for hydroxylation is 1. The predicted octanol–water partition coefficient (Wildman–Crippen LogP) is 2.82. The Bertz CT molecular complexity index is 478. The Morgan fingerprint density at radius 3 is 2.69 bits per heavy atom. The van der Waals surface area contributed by atoms with E-state index in [-0.39, 0.29) is 0 Å². The van der Waals surface area contributed by atoms with Gasteiger partial charge in [-0.2, -0.15) is 0 Å². The minimum absolute atomic E-state index is 0.629. The van der Waals surface area contributed by atoms with Gasteiger partial charge in [-0.25, -0.2) is 4.98 Å². The standard InChI is InChI=1S/C14H16N2/c1-2-11-5-3-6-12(9-11)10-13-7-4-8-16-14(13)15/h3-9H,2,10H2,1H3,(H2,15,16). The monoisotopic (exact) mass is 212 g/mol. The van der Waals surface area contributed by atoms with Crippen LogP contribution in [0, 0.1) is 0 Å². The van der Waals surface area contributed by atoms with Gasteiger partial charge in [-0.3, -0.25) is 0 Å². The van der Waals surface area contributed by atoms with E-state index in [9.17, 15) is 0 Å². The minimum Gasteiger partial charge on any atom is -0.383 e. The molecule has 0 bridgehead atoms. The molecular formula is C14H16N2. The van der Waals surface area contributed by atoms with Crippen LogP contribution in [0.4, 0.5) is 5.82 Å². The molecule has 1 aromatic heterocycles. The number of benzene rings is 1. The Hall–Kier alpha value is -1.83. The van der Waals surface area contributed by atoms with E-state index in [1.165, 1.54) is 11.1 Å². The molecule has 2 nitrogen and oxygen atoms in total. The maximum Gasteiger partial charge on any atom is 0.126 e. The first-order chi connectivity index (χ1) is 7.79. The number of pyridine rings is 1. The van der Waals surface area contributed by atoms with Crippen molar-refractivity contribution >= 4 is 5.82 Å². The van der Waals surface area contributed by atoms with E-state index in [4.69, 9.17) is 5.73 Å². The van der Waals surface area contributed by atoms with Crippen molar-refractivity contribution in [3.8, 4) is 0 Å². The summed E-state index contributed by atoms with van der Waals surface area (Å²) in [6.07, 6.45) is 3.64. The fraction of sp³-hybridized carbons (Fsp3) is 0.214. The van der Waals surface area contributed by atoms with E-state index >= 15 is 0 Å². The second kappa shape index (κ2) is 4.79. The molecule has 2 N–H and O–H groups in total. The zero-order chi connectivity index (χ0) is 11.4. The van der Waals surface area contributed by atoms with Crippen LogP contribution in [0.15, 0.2) is 42.6 Å². The second-order valence-electron chi connectivity index (χ2n) is 3.90. The number of hydrogen-bond donors (Lipinski definition) is 1. The average Bonchev–Trinajstić information content (AvgIpc) is 2.32. The van der Waals surface area contributed by atoms with Crippen LogP contribution in [0.3, 0.4) is 0 Å². The molecule has 0 aliphatic carbocycles. The fourth-order valence-corrected chi connectivity index (χ4v) is 1.78. The summed E-state index contributed by atoms with van der Waals surface area (Å²) in [5.41, 5.74) is 9.57. The molecule has 0 aliphatic heterocycles. The zero-order valence-corrected chi connectivity index (χ0v) is 9.48. The molecule has 2 aromatic rings. The van der Waals surface area contributed by atoms with Crippen molar-refractivity contribution in [2.24, 2.45) is 0 Å². The van der Waals surface area contributed by atoms with Gasteiger partial charge in [0.1, 0.15) is 5.82 Å². The van der Waals surface area contributed by atoms with E-state index in [0.29, 0.717) is 5.82 Å². The summed E-state index contributed by atoms with van der Waals surface area (Å²) in [7, 11) is 0. The molecule has 0 spiro atoms. The van der Waals surface area contributed by atoms with Gasteiger partial charge in [0.2, 0.25) is 0 Å². The Morgan fingerprint density at radius 2 is 1.94 bits per heavy atom. The number of nitrogens with two attached hydrogens (primary N) is 1. The molecular weight excluding hydrogens is 196 g/mol. The molecule has 0 unspecified atom stereocenters. The highest BCUT2D eigenvalue weighted by Crippen LogP contribution is 2.15. The molecule has 82 valence electrons. The van der Waals surface area contributed by atoms with Crippen LogP contribution in [0.5, 0.6) is 0 Å². The third-order valence-corrected chi connectivity index (χ3v) is 2.72. The summed E-state index contributed by atoms with van der Waals surface area (Å²) in [5, 5.41) is 0. The van der Waals surface area contributed by atoms with Gasteiger partial charge in [0, 0.05) is 12.6 Å². The quantitative estimate of drug-likeness (QED) is 0.849. The van der Waals surface area contributed by atoms with Gasteiger partial charge in [0.25, 0.3) is 0 Å². The van der Waals surface area contributed by atoms with E-state index in [1.807, 2.05) is 12.1 Å². The Kier molecular flexibility index (Phi) is 3.20. The summed E-state index contributed by atoms with van der Waals surface area (Å²) >= 11 is 0. The zero-order valence-electron chi connectivity index (χ0n) is 9.48. The van der Waals surface area contributed by atoms with Crippen molar-refractivity contribution in [3.05, 3.63) is 59.3 Å². The van der Waals surface area contributed by atoms with Crippen LogP contribution < -0.4 is 5.73 Å². The topological polar surface area (TPSA) is 38.9 Å². The van der Waals surface area contributed by atoms with Crippen molar-refractivity contribution in [2.75, 3.05) is 5.73 Å². The van der Waals surface area contributed by atoms with Crippen molar-refractivity contribution in [2.45, 2.75) is 19.8 Å². The van der Waals surface area contributed by atoms with Gasteiger partial charge < -0.3 is 5.73 Å². The Morgan fingerprint density at radius 1 is 1.12 bits per heavy atom. The van der Waals surface area contributed by atoms with Crippen LogP contribution in [0.2, 0.25) is 0 Å². The lowest BCUT2D eigenvalue weighted by molar-refractivity contribution is 1.10. The van der Waals surface area contributed by atoms with Gasteiger partial charge >= 0.3 is 0 Å². The van der Waals surface area contributed by atoms with Crippen molar-refractivity contribution in [1.82, 2.24) is 4.98 Å². The first-order valence-corrected chi connectivity index (χ1v) is 5.56. The number of hydrogen-bond acceptors (Lipinski definition) is 2. The number of nitrogen functional groups attached to an aromatic ring is 1. The first-order valence-electron chi connectivity index (χ1n) is 5.56. The van der Waals surface area contributed by atoms with Gasteiger partial charge in [0.05, 0.1) is 0 Å². The smallest absolute Gasteiger partial charge is 0.126 e. The SMILES string of the molecule is CCc1cccc(Cc2cccnc2N)c1. The molecule has 0 radical (unpaired) electrons. The average molecular weight is 212 g/mol. The molecule has 0 saturated carbocycles. The van der Waals surface area contributed by atoms with Crippen LogP contribution in [0.25, 0.3) is 0 Å². The van der Waals surface area contributed by atoms with Crippen LogP contribution in [-0.4, -0.2) is 4.98 Å². The largest absolute Gasteiger partial charge is 0.383 e. The molecule has 0 fully saturated rings. The van der Waals surface area contributed by atoms with Crippen molar-refractivity contribution in [3.63, 3.8) is 0 Å². The maximum atomic E-state index is 5.83. The van der Waals surface area contributed by atoms with Crippen LogP contribution in [0.1, 0.15) is 23.6 Å². The number of anilines is 1. The maximum absolute atomic E-state index is 5.83. The lowest BCUT2D eigenvalue weighted by atomic mass is 10.0. The highest BCUT2D eigenvalue weighted by Gasteiger charge is 2.01. The molecule has 0 aliphatic rings. The van der Waals surface area contributed by atoms with Crippen molar-refractivity contribution < 1.29 is 0 Å². The van der Waals surface area contributed by atoms with Gasteiger partial charge in [-0.15, -0.1) is 0 Å². The van der Waals surface area contributed by atoms with Gasteiger partial charge in [-0.05, 0) is 29.2 Å². The molecule has 1 heterocycles. The molecule has 16 heavy (non-hydrogen) atoms. The lowest BCUT2D eigenvalue weighted by Crippen LogP contribution is -1.98. The first kappa shape index (κ1) is 10.7. The third kappa shape index (κ3) is 2.40. The molecule has 0 saturated heterocycles. The van der Waals surface area contributed by atoms with E-state index in [1.54, 1.807) is 6.20 Å². The van der Waals surface area contributed by atoms with Gasteiger partial charge in [0.15, 0.2) is 0 Å². The highest BCUT2D eigenvalue weighted by atomic mass is 14.8. The molecule has 0 atom stereocenters. The molecule has 2 rings (SSSR count). The van der Waals surface area contributed by atoms with Crippen molar-refractivity contribution in [1.29, 1.82) is 0 Å². The summed E-state index contributed by atoms with van der Waals surface area (Å²) < 4.78 is 0. The van der Waals surface area contributed by atoms with E-state index in [2.05, 4.69) is 36.2 Å². The van der Waals surface area contributed by atoms with Crippen LogP contribution in [-0.2, 0) is 12.8 Å².